The van der Waals surface area contributed by atoms with E-state index >= 15 is 0 Å². The molecule has 2 aliphatic heterocycles. The van der Waals surface area contributed by atoms with E-state index in [1.165, 1.54) is 21.1 Å². The summed E-state index contributed by atoms with van der Waals surface area (Å²) in [6, 6.07) is 9.24. The van der Waals surface area contributed by atoms with Gasteiger partial charge in [-0.05, 0) is 49.2 Å². The number of hydrogen-bond acceptors (Lipinski definition) is 8. The van der Waals surface area contributed by atoms with Crippen molar-refractivity contribution in [3.05, 3.63) is 68.5 Å². The highest BCUT2D eigenvalue weighted by molar-refractivity contribution is 8.26. The minimum Gasteiger partial charge on any atom is -0.454 e. The normalized spacial score (nSPS) is 16.3. The molecule has 1 aromatic carbocycles. The summed E-state index contributed by atoms with van der Waals surface area (Å²) in [6.45, 7) is 4.90. The zero-order valence-electron chi connectivity index (χ0n) is 18.0. The number of aryl methyl sites for hydroxylation is 1. The Kier molecular flexibility index (Phi) is 5.55. The molecule has 8 nitrogen and oxygen atoms in total. The average Bonchev–Trinajstić information content (AvgIpc) is 3.36. The maximum Gasteiger partial charge on any atom is 0.267 e. The predicted molar refractivity (Wildman–Crippen MR) is 132 cm³/mol. The number of carbonyl (C=O) groups excluding carboxylic acids is 1. The summed E-state index contributed by atoms with van der Waals surface area (Å²) < 4.78 is 12.7. The summed E-state index contributed by atoms with van der Waals surface area (Å²) >= 11 is 6.65. The van der Waals surface area contributed by atoms with Crippen LogP contribution in [0.5, 0.6) is 11.5 Å². The number of carbonyl (C=O) groups is 1. The molecule has 1 amide bonds. The largest absolute Gasteiger partial charge is 0.454 e. The first-order chi connectivity index (χ1) is 15.9. The third-order valence-corrected chi connectivity index (χ3v) is 6.65. The van der Waals surface area contributed by atoms with Crippen molar-refractivity contribution in [1.82, 2.24) is 14.3 Å². The maximum absolute atomic E-state index is 13.3. The van der Waals surface area contributed by atoms with Gasteiger partial charge in [0.05, 0.1) is 17.0 Å². The van der Waals surface area contributed by atoms with Gasteiger partial charge < -0.3 is 14.8 Å². The zero-order valence-corrected chi connectivity index (χ0v) is 19.6. The summed E-state index contributed by atoms with van der Waals surface area (Å²) in [7, 11) is 0. The number of nitrogens with zero attached hydrogens (tertiary/aromatic N) is 3. The van der Waals surface area contributed by atoms with E-state index in [4.69, 9.17) is 21.7 Å². The lowest BCUT2D eigenvalue weighted by Gasteiger charge is -2.14. The molecule has 0 aliphatic carbocycles. The number of amides is 1. The molecule has 10 heteroatoms. The smallest absolute Gasteiger partial charge is 0.267 e. The van der Waals surface area contributed by atoms with Gasteiger partial charge in [0, 0.05) is 12.7 Å². The fourth-order valence-electron chi connectivity index (χ4n) is 3.68. The van der Waals surface area contributed by atoms with Gasteiger partial charge in [0.1, 0.15) is 15.8 Å². The van der Waals surface area contributed by atoms with Crippen LogP contribution in [0.3, 0.4) is 0 Å². The van der Waals surface area contributed by atoms with Gasteiger partial charge in [-0.2, -0.15) is 0 Å². The minimum atomic E-state index is -0.251. The van der Waals surface area contributed by atoms with E-state index in [0.29, 0.717) is 50.8 Å². The molecule has 0 radical (unpaired) electrons. The lowest BCUT2D eigenvalue weighted by molar-refractivity contribution is -0.122. The maximum atomic E-state index is 13.3. The lowest BCUT2D eigenvalue weighted by Crippen LogP contribution is -2.27. The van der Waals surface area contributed by atoms with E-state index in [0.717, 1.165) is 11.1 Å². The van der Waals surface area contributed by atoms with E-state index in [2.05, 4.69) is 10.3 Å². The van der Waals surface area contributed by atoms with Crippen molar-refractivity contribution in [3.8, 4) is 11.5 Å². The quantitative estimate of drug-likeness (QED) is 0.438. The van der Waals surface area contributed by atoms with Crippen LogP contribution in [0.15, 0.2) is 46.2 Å². The number of fused-ring (bicyclic) bond motifs is 2. The molecule has 5 rings (SSSR count). The molecule has 168 valence electrons. The van der Waals surface area contributed by atoms with Gasteiger partial charge in [0.15, 0.2) is 11.5 Å². The third-order valence-electron chi connectivity index (χ3n) is 5.28. The van der Waals surface area contributed by atoms with E-state index in [1.807, 2.05) is 38.1 Å². The Bertz CT molecular complexity index is 1400. The molecule has 0 bridgehead atoms. The van der Waals surface area contributed by atoms with Crippen LogP contribution in [0.4, 0.5) is 5.82 Å². The Morgan fingerprint density at radius 1 is 1.21 bits per heavy atom. The number of rotatable bonds is 5. The number of anilines is 1. The number of thioether (sulfide) groups is 1. The number of aromatic nitrogens is 2. The highest BCUT2D eigenvalue weighted by Gasteiger charge is 2.33. The number of nitrogens with one attached hydrogen (secondary N) is 1. The van der Waals surface area contributed by atoms with E-state index in [-0.39, 0.29) is 18.3 Å². The Hall–Kier alpha value is -3.37. The molecule has 3 aromatic rings. The first-order valence-corrected chi connectivity index (χ1v) is 11.6. The predicted octanol–water partition coefficient (Wildman–Crippen LogP) is 3.56. The monoisotopic (exact) mass is 480 g/mol. The standard InChI is InChI=1S/C23H20N4O4S2/c1-3-24-20-15(21(28)26-10-13(2)4-7-19(26)25-20)9-18-22(29)27(23(32)33-18)11-14-5-6-16-17(8-14)31-12-30-16/h4-10,24H,3,11-12H2,1-2H3/b18-9+. The number of pyridine rings is 1. The molecular weight excluding hydrogens is 460 g/mol. The van der Waals surface area contributed by atoms with Gasteiger partial charge in [0.25, 0.3) is 11.5 Å². The SMILES string of the molecule is CCNc1nc2ccc(C)cn2c(=O)c1/C=C1/SC(=S)N(Cc2ccc3c(c2)OCO3)C1=O. The summed E-state index contributed by atoms with van der Waals surface area (Å²) in [6.07, 6.45) is 3.32. The van der Waals surface area contributed by atoms with Crippen LogP contribution in [0, 0.1) is 6.92 Å². The highest BCUT2D eigenvalue weighted by atomic mass is 32.2. The molecule has 1 fully saturated rings. The van der Waals surface area contributed by atoms with Crippen LogP contribution in [0.25, 0.3) is 11.7 Å². The van der Waals surface area contributed by atoms with Crippen LogP contribution in [0.1, 0.15) is 23.6 Å². The van der Waals surface area contributed by atoms with E-state index in [1.54, 1.807) is 18.3 Å². The van der Waals surface area contributed by atoms with Crippen molar-refractivity contribution in [2.75, 3.05) is 18.7 Å². The van der Waals surface area contributed by atoms with E-state index < -0.39 is 0 Å². The lowest BCUT2D eigenvalue weighted by atomic mass is 10.2. The van der Waals surface area contributed by atoms with Crippen molar-refractivity contribution in [2.24, 2.45) is 0 Å². The molecule has 0 spiro atoms. The van der Waals surface area contributed by atoms with Crippen molar-refractivity contribution in [3.63, 3.8) is 0 Å². The molecule has 0 saturated carbocycles. The van der Waals surface area contributed by atoms with Crippen LogP contribution in [-0.4, -0.2) is 37.8 Å². The third kappa shape index (κ3) is 3.96. The fraction of sp³-hybridized carbons (Fsp3) is 0.217. The Labute approximate surface area is 199 Å². The van der Waals surface area contributed by atoms with Gasteiger partial charge in [-0.3, -0.25) is 18.9 Å². The number of hydrogen-bond donors (Lipinski definition) is 1. The number of ether oxygens (including phenoxy) is 2. The van der Waals surface area contributed by atoms with Crippen molar-refractivity contribution < 1.29 is 14.3 Å². The van der Waals surface area contributed by atoms with Crippen molar-refractivity contribution in [2.45, 2.75) is 20.4 Å². The fourth-order valence-corrected chi connectivity index (χ4v) is 4.92. The van der Waals surface area contributed by atoms with Gasteiger partial charge in [-0.25, -0.2) is 4.98 Å². The summed E-state index contributed by atoms with van der Waals surface area (Å²) in [5.74, 6) is 1.51. The summed E-state index contributed by atoms with van der Waals surface area (Å²) in [5, 5.41) is 3.14. The summed E-state index contributed by atoms with van der Waals surface area (Å²) in [4.78, 5) is 33.0. The second kappa shape index (κ2) is 8.53. The van der Waals surface area contributed by atoms with Gasteiger partial charge >= 0.3 is 0 Å². The van der Waals surface area contributed by atoms with Gasteiger partial charge in [0.2, 0.25) is 6.79 Å². The average molecular weight is 481 g/mol. The van der Waals surface area contributed by atoms with Crippen LogP contribution in [0.2, 0.25) is 0 Å². The van der Waals surface area contributed by atoms with Crippen molar-refractivity contribution >= 4 is 51.7 Å². The Balaban J connectivity index is 1.50. The Morgan fingerprint density at radius 2 is 2.03 bits per heavy atom. The van der Waals surface area contributed by atoms with Crippen LogP contribution >= 0.6 is 24.0 Å². The molecule has 2 aromatic heterocycles. The Morgan fingerprint density at radius 3 is 2.85 bits per heavy atom. The molecule has 1 N–H and O–H groups in total. The van der Waals surface area contributed by atoms with Gasteiger partial charge in [-0.1, -0.05) is 36.1 Å². The second-order valence-electron chi connectivity index (χ2n) is 7.60. The number of thiocarbonyl (C=S) groups is 1. The zero-order chi connectivity index (χ0) is 23.1. The molecule has 2 aliphatic rings. The molecule has 1 saturated heterocycles. The topological polar surface area (TPSA) is 85.2 Å². The molecule has 0 atom stereocenters. The van der Waals surface area contributed by atoms with Crippen LogP contribution < -0.4 is 20.3 Å². The molecule has 33 heavy (non-hydrogen) atoms. The first-order valence-electron chi connectivity index (χ1n) is 10.4. The minimum absolute atomic E-state index is 0.186. The molecular formula is C23H20N4O4S2. The van der Waals surface area contributed by atoms with E-state index in [9.17, 15) is 9.59 Å². The summed E-state index contributed by atoms with van der Waals surface area (Å²) in [5.41, 5.74) is 2.41. The first kappa shape index (κ1) is 21.5. The van der Waals surface area contributed by atoms with Crippen LogP contribution in [-0.2, 0) is 11.3 Å². The number of benzene rings is 1. The second-order valence-corrected chi connectivity index (χ2v) is 9.28. The van der Waals surface area contributed by atoms with Crippen molar-refractivity contribution in [1.29, 1.82) is 0 Å². The molecule has 4 heterocycles. The molecule has 0 unspecified atom stereocenters. The van der Waals surface area contributed by atoms with Gasteiger partial charge in [-0.15, -0.1) is 0 Å². The highest BCUT2D eigenvalue weighted by Crippen LogP contribution is 2.36.